The highest BCUT2D eigenvalue weighted by Crippen LogP contribution is 2.31. The van der Waals surface area contributed by atoms with E-state index in [0.29, 0.717) is 11.0 Å². The fraction of sp³-hybridized carbons (Fsp3) is 0.333. The third-order valence-electron chi connectivity index (χ3n) is 3.61. The van der Waals surface area contributed by atoms with Crippen LogP contribution in [0.25, 0.3) is 0 Å². The third kappa shape index (κ3) is 3.28. The summed E-state index contributed by atoms with van der Waals surface area (Å²) in [7, 11) is 2.03. The zero-order chi connectivity index (χ0) is 14.7. The van der Waals surface area contributed by atoms with Crippen molar-refractivity contribution in [3.63, 3.8) is 0 Å². The van der Waals surface area contributed by atoms with Crippen molar-refractivity contribution >= 4 is 27.3 Å². The molecular weight excluding hydrogens is 339 g/mol. The zero-order valence-electron chi connectivity index (χ0n) is 11.5. The van der Waals surface area contributed by atoms with Crippen molar-refractivity contribution in [1.82, 2.24) is 4.90 Å². The average molecular weight is 357 g/mol. The Hall–Kier alpha value is -0.750. The van der Waals surface area contributed by atoms with E-state index in [-0.39, 0.29) is 17.9 Å². The van der Waals surface area contributed by atoms with Crippen LogP contribution in [-0.4, -0.2) is 18.5 Å². The molecule has 2 aromatic rings. The molecule has 2 rings (SSSR count). The SMILES string of the molecule is CC(c1cccs1)N(C)C(CN)c1ccc(Br)c(F)c1. The van der Waals surface area contributed by atoms with Crippen molar-refractivity contribution < 1.29 is 4.39 Å². The molecule has 0 fully saturated rings. The first-order valence-electron chi connectivity index (χ1n) is 6.45. The van der Waals surface area contributed by atoms with Crippen molar-refractivity contribution in [3.8, 4) is 0 Å². The van der Waals surface area contributed by atoms with E-state index in [1.54, 1.807) is 23.5 Å². The maximum absolute atomic E-state index is 13.7. The van der Waals surface area contributed by atoms with Crippen LogP contribution in [0.1, 0.15) is 29.4 Å². The Morgan fingerprint density at radius 3 is 2.70 bits per heavy atom. The molecule has 1 aromatic heterocycles. The maximum atomic E-state index is 13.7. The number of likely N-dealkylation sites (N-methyl/N-ethyl adjacent to an activating group) is 1. The van der Waals surface area contributed by atoms with Gasteiger partial charge in [0.15, 0.2) is 0 Å². The summed E-state index contributed by atoms with van der Waals surface area (Å²) < 4.78 is 14.2. The molecule has 0 amide bonds. The fourth-order valence-electron chi connectivity index (χ4n) is 2.26. The number of rotatable bonds is 5. The molecule has 0 saturated heterocycles. The van der Waals surface area contributed by atoms with Gasteiger partial charge in [-0.1, -0.05) is 12.1 Å². The van der Waals surface area contributed by atoms with Crippen LogP contribution in [-0.2, 0) is 0 Å². The first-order valence-corrected chi connectivity index (χ1v) is 8.12. The van der Waals surface area contributed by atoms with E-state index < -0.39 is 0 Å². The molecule has 0 aliphatic carbocycles. The summed E-state index contributed by atoms with van der Waals surface area (Å²) in [6, 6.07) is 9.60. The van der Waals surface area contributed by atoms with Crippen LogP contribution in [0, 0.1) is 5.82 Å². The Morgan fingerprint density at radius 1 is 1.40 bits per heavy atom. The quantitative estimate of drug-likeness (QED) is 0.862. The molecule has 2 unspecified atom stereocenters. The monoisotopic (exact) mass is 356 g/mol. The third-order valence-corrected chi connectivity index (χ3v) is 5.29. The molecule has 2 nitrogen and oxygen atoms in total. The highest BCUT2D eigenvalue weighted by Gasteiger charge is 2.22. The van der Waals surface area contributed by atoms with Crippen LogP contribution in [0.2, 0.25) is 0 Å². The predicted octanol–water partition coefficient (Wildman–Crippen LogP) is 4.34. The van der Waals surface area contributed by atoms with E-state index in [1.807, 2.05) is 19.2 Å². The average Bonchev–Trinajstić information content (AvgIpc) is 2.96. The largest absolute Gasteiger partial charge is 0.329 e. The highest BCUT2D eigenvalue weighted by molar-refractivity contribution is 9.10. The predicted molar refractivity (Wildman–Crippen MR) is 86.4 cm³/mol. The number of hydrogen-bond acceptors (Lipinski definition) is 3. The summed E-state index contributed by atoms with van der Waals surface area (Å²) in [5, 5.41) is 2.07. The number of thiophene rings is 1. The molecule has 5 heteroatoms. The molecule has 2 atom stereocenters. The highest BCUT2D eigenvalue weighted by atomic mass is 79.9. The molecule has 0 radical (unpaired) electrons. The van der Waals surface area contributed by atoms with E-state index in [9.17, 15) is 4.39 Å². The Labute approximate surface area is 131 Å². The van der Waals surface area contributed by atoms with E-state index in [0.717, 1.165) is 5.56 Å². The molecule has 2 N–H and O–H groups in total. The van der Waals surface area contributed by atoms with E-state index in [4.69, 9.17) is 5.73 Å². The van der Waals surface area contributed by atoms with Gasteiger partial charge in [0.2, 0.25) is 0 Å². The lowest BCUT2D eigenvalue weighted by atomic mass is 10.0. The van der Waals surface area contributed by atoms with Gasteiger partial charge < -0.3 is 5.73 Å². The van der Waals surface area contributed by atoms with Crippen molar-refractivity contribution in [2.24, 2.45) is 5.73 Å². The first-order chi connectivity index (χ1) is 9.54. The van der Waals surface area contributed by atoms with E-state index in [2.05, 4.69) is 39.2 Å². The number of nitrogens with zero attached hydrogens (tertiary/aromatic N) is 1. The van der Waals surface area contributed by atoms with Crippen molar-refractivity contribution in [2.75, 3.05) is 13.6 Å². The second-order valence-corrected chi connectivity index (χ2v) is 6.62. The van der Waals surface area contributed by atoms with Crippen molar-refractivity contribution in [1.29, 1.82) is 0 Å². The van der Waals surface area contributed by atoms with Gasteiger partial charge in [-0.05, 0) is 59.0 Å². The second-order valence-electron chi connectivity index (χ2n) is 4.78. The Bertz CT molecular complexity index is 559. The van der Waals surface area contributed by atoms with Crippen LogP contribution in [0.5, 0.6) is 0 Å². The van der Waals surface area contributed by atoms with Gasteiger partial charge in [-0.2, -0.15) is 0 Å². The van der Waals surface area contributed by atoms with Crippen LogP contribution >= 0.6 is 27.3 Å². The number of nitrogens with two attached hydrogens (primary N) is 1. The molecular formula is C15H18BrFN2S. The molecule has 0 spiro atoms. The lowest BCUT2D eigenvalue weighted by Crippen LogP contribution is -2.32. The molecule has 20 heavy (non-hydrogen) atoms. The minimum atomic E-state index is -0.252. The van der Waals surface area contributed by atoms with Gasteiger partial charge in [0.1, 0.15) is 5.82 Å². The Kier molecular flexibility index (Phi) is 5.32. The van der Waals surface area contributed by atoms with Gasteiger partial charge in [-0.15, -0.1) is 11.3 Å². The molecule has 0 aliphatic rings. The number of benzene rings is 1. The second kappa shape index (κ2) is 6.80. The topological polar surface area (TPSA) is 29.3 Å². The van der Waals surface area contributed by atoms with Gasteiger partial charge in [0.25, 0.3) is 0 Å². The van der Waals surface area contributed by atoms with E-state index in [1.165, 1.54) is 4.88 Å². The van der Waals surface area contributed by atoms with Crippen LogP contribution in [0.15, 0.2) is 40.2 Å². The van der Waals surface area contributed by atoms with Gasteiger partial charge in [-0.3, -0.25) is 4.90 Å². The summed E-state index contributed by atoms with van der Waals surface area (Å²) in [4.78, 5) is 3.47. The van der Waals surface area contributed by atoms with Crippen molar-refractivity contribution in [2.45, 2.75) is 19.0 Å². The minimum absolute atomic E-state index is 0.00491. The van der Waals surface area contributed by atoms with Gasteiger partial charge >= 0.3 is 0 Å². The summed E-state index contributed by atoms with van der Waals surface area (Å²) in [5.41, 5.74) is 6.81. The lowest BCUT2D eigenvalue weighted by Gasteiger charge is -2.32. The van der Waals surface area contributed by atoms with Crippen LogP contribution < -0.4 is 5.73 Å². The molecule has 108 valence electrons. The Balaban J connectivity index is 2.24. The van der Waals surface area contributed by atoms with Crippen molar-refractivity contribution in [3.05, 3.63) is 56.4 Å². The molecule has 0 saturated carbocycles. The van der Waals surface area contributed by atoms with E-state index >= 15 is 0 Å². The number of halogens is 2. The molecule has 1 aromatic carbocycles. The normalized spacial score (nSPS) is 14.5. The first kappa shape index (κ1) is 15.6. The zero-order valence-corrected chi connectivity index (χ0v) is 13.9. The molecule has 1 heterocycles. The minimum Gasteiger partial charge on any atom is -0.329 e. The summed E-state index contributed by atoms with van der Waals surface area (Å²) in [6.07, 6.45) is 0. The summed E-state index contributed by atoms with van der Waals surface area (Å²) >= 11 is 4.90. The van der Waals surface area contributed by atoms with Crippen LogP contribution in [0.3, 0.4) is 0 Å². The molecule has 0 bridgehead atoms. The van der Waals surface area contributed by atoms with Crippen LogP contribution in [0.4, 0.5) is 4.39 Å². The molecule has 0 aliphatic heterocycles. The summed E-state index contributed by atoms with van der Waals surface area (Å²) in [5.74, 6) is -0.252. The van der Waals surface area contributed by atoms with Gasteiger partial charge in [0, 0.05) is 23.5 Å². The summed E-state index contributed by atoms with van der Waals surface area (Å²) in [6.45, 7) is 2.59. The standard InChI is InChI=1S/C15H18BrFN2S/c1-10(15-4-3-7-20-15)19(2)14(9-18)11-5-6-12(16)13(17)8-11/h3-8,10,14H,9,18H2,1-2H3. The van der Waals surface area contributed by atoms with Gasteiger partial charge in [-0.25, -0.2) is 4.39 Å². The maximum Gasteiger partial charge on any atom is 0.137 e. The smallest absolute Gasteiger partial charge is 0.137 e. The van der Waals surface area contributed by atoms with Gasteiger partial charge in [0.05, 0.1) is 4.47 Å². The lowest BCUT2D eigenvalue weighted by molar-refractivity contribution is 0.192. The number of hydrogen-bond donors (Lipinski definition) is 1. The fourth-order valence-corrected chi connectivity index (χ4v) is 3.34. The Morgan fingerprint density at radius 2 is 2.15 bits per heavy atom.